The molecule has 1 heterocycles. The second-order valence-electron chi connectivity index (χ2n) is 7.03. The molecular formula is C19H25N5O2. The van der Waals surface area contributed by atoms with Crippen LogP contribution < -0.4 is 16.4 Å². The molecule has 1 aromatic heterocycles. The number of aromatic nitrogens is 2. The van der Waals surface area contributed by atoms with Gasteiger partial charge >= 0.3 is 0 Å². The molecule has 0 bridgehead atoms. The molecule has 0 saturated heterocycles. The highest BCUT2D eigenvalue weighted by Gasteiger charge is 2.27. The van der Waals surface area contributed by atoms with E-state index in [2.05, 4.69) is 20.6 Å². The molecule has 7 heteroatoms. The molecular weight excluding hydrogens is 330 g/mol. The van der Waals surface area contributed by atoms with E-state index in [1.165, 1.54) is 0 Å². The molecule has 26 heavy (non-hydrogen) atoms. The Hall–Kier alpha value is -2.67. The van der Waals surface area contributed by atoms with Crippen molar-refractivity contribution < 1.29 is 9.90 Å². The maximum Gasteiger partial charge on any atom is 0.256 e. The normalized spacial score (nSPS) is 14.9. The van der Waals surface area contributed by atoms with Gasteiger partial charge in [-0.05, 0) is 43.0 Å². The number of rotatable bonds is 7. The van der Waals surface area contributed by atoms with E-state index >= 15 is 0 Å². The molecule has 7 nitrogen and oxygen atoms in total. The van der Waals surface area contributed by atoms with Crippen LogP contribution in [0, 0.1) is 5.92 Å². The van der Waals surface area contributed by atoms with Crippen LogP contribution >= 0.6 is 0 Å². The Balaban J connectivity index is 1.81. The van der Waals surface area contributed by atoms with Crippen molar-refractivity contribution in [1.82, 2.24) is 9.97 Å². The van der Waals surface area contributed by atoms with Gasteiger partial charge in [-0.3, -0.25) is 4.79 Å². The SMILES string of the molecule is CC(C)[C@H](CO)Nc1nc(NC(=O)c2ccc(N)cc2)cc(C2CC2)n1. The van der Waals surface area contributed by atoms with Crippen molar-refractivity contribution >= 4 is 23.4 Å². The van der Waals surface area contributed by atoms with Crippen LogP contribution in [0.1, 0.15) is 48.7 Å². The largest absolute Gasteiger partial charge is 0.399 e. The average Bonchev–Trinajstić information content (AvgIpc) is 3.45. The van der Waals surface area contributed by atoms with Gasteiger partial charge in [0.1, 0.15) is 5.82 Å². The summed E-state index contributed by atoms with van der Waals surface area (Å²) >= 11 is 0. The first-order chi connectivity index (χ1) is 12.5. The van der Waals surface area contributed by atoms with Crippen molar-refractivity contribution in [3.05, 3.63) is 41.6 Å². The minimum atomic E-state index is -0.251. The van der Waals surface area contributed by atoms with Crippen LogP contribution in [0.2, 0.25) is 0 Å². The van der Waals surface area contributed by atoms with Crippen molar-refractivity contribution in [2.24, 2.45) is 5.92 Å². The lowest BCUT2D eigenvalue weighted by molar-refractivity contribution is 0.102. The van der Waals surface area contributed by atoms with Gasteiger partial charge in [-0.1, -0.05) is 13.8 Å². The van der Waals surface area contributed by atoms with E-state index in [1.807, 2.05) is 19.9 Å². The summed E-state index contributed by atoms with van der Waals surface area (Å²) in [6.45, 7) is 4.02. The Morgan fingerprint density at radius 2 is 1.96 bits per heavy atom. The Bertz CT molecular complexity index is 772. The van der Waals surface area contributed by atoms with E-state index in [9.17, 15) is 9.90 Å². The highest BCUT2D eigenvalue weighted by Crippen LogP contribution is 2.40. The number of amides is 1. The summed E-state index contributed by atoms with van der Waals surface area (Å²) in [5.41, 5.74) is 7.69. The minimum absolute atomic E-state index is 0.0121. The number of nitrogens with zero attached hydrogens (tertiary/aromatic N) is 2. The number of aliphatic hydroxyl groups excluding tert-OH is 1. The molecule has 1 saturated carbocycles. The molecule has 1 aliphatic rings. The summed E-state index contributed by atoms with van der Waals surface area (Å²) in [6, 6.07) is 8.39. The van der Waals surface area contributed by atoms with Crippen molar-refractivity contribution in [2.75, 3.05) is 23.0 Å². The van der Waals surface area contributed by atoms with Gasteiger partial charge in [-0.25, -0.2) is 4.98 Å². The molecule has 1 fully saturated rings. The van der Waals surface area contributed by atoms with Crippen molar-refractivity contribution in [2.45, 2.75) is 38.6 Å². The van der Waals surface area contributed by atoms with Gasteiger partial charge in [-0.2, -0.15) is 4.98 Å². The minimum Gasteiger partial charge on any atom is -0.399 e. The molecule has 1 aliphatic carbocycles. The maximum atomic E-state index is 12.4. The second-order valence-corrected chi connectivity index (χ2v) is 7.03. The Labute approximate surface area is 153 Å². The first-order valence-electron chi connectivity index (χ1n) is 8.89. The summed E-state index contributed by atoms with van der Waals surface area (Å²) in [4.78, 5) is 21.4. The third-order valence-corrected chi connectivity index (χ3v) is 4.47. The molecule has 0 radical (unpaired) electrons. The quantitative estimate of drug-likeness (QED) is 0.568. The number of anilines is 3. The van der Waals surface area contributed by atoms with Gasteiger partial charge in [0.15, 0.2) is 0 Å². The predicted molar refractivity (Wildman–Crippen MR) is 102 cm³/mol. The lowest BCUT2D eigenvalue weighted by Gasteiger charge is -2.20. The zero-order valence-electron chi connectivity index (χ0n) is 15.1. The smallest absolute Gasteiger partial charge is 0.256 e. The zero-order chi connectivity index (χ0) is 18.7. The summed E-state index contributed by atoms with van der Waals surface area (Å²) < 4.78 is 0. The second kappa shape index (κ2) is 7.70. The van der Waals surface area contributed by atoms with Crippen LogP contribution in [-0.2, 0) is 0 Å². The van der Waals surface area contributed by atoms with Crippen LogP contribution in [-0.4, -0.2) is 33.6 Å². The fourth-order valence-electron chi connectivity index (χ4n) is 2.59. The number of nitrogens with two attached hydrogens (primary N) is 1. The number of benzene rings is 1. The topological polar surface area (TPSA) is 113 Å². The molecule has 1 atom stereocenters. The van der Waals surface area contributed by atoms with Crippen LogP contribution in [0.5, 0.6) is 0 Å². The van der Waals surface area contributed by atoms with E-state index in [4.69, 9.17) is 5.73 Å². The number of carbonyl (C=O) groups excluding carboxylic acids is 1. The standard InChI is InChI=1S/C19H25N5O2/c1-11(2)16(10-25)22-19-21-15(12-3-4-12)9-17(24-19)23-18(26)13-5-7-14(20)8-6-13/h5-9,11-12,16,25H,3-4,10,20H2,1-2H3,(H2,21,22,23,24,26)/t16-/m0/s1. The molecule has 2 aromatic rings. The number of nitrogens with one attached hydrogen (secondary N) is 2. The molecule has 1 aromatic carbocycles. The average molecular weight is 355 g/mol. The lowest BCUT2D eigenvalue weighted by atomic mass is 10.1. The summed E-state index contributed by atoms with van der Waals surface area (Å²) in [5, 5.41) is 15.5. The van der Waals surface area contributed by atoms with Crippen LogP contribution in [0.15, 0.2) is 30.3 Å². The first kappa shape index (κ1) is 18.1. The molecule has 0 unspecified atom stereocenters. The monoisotopic (exact) mass is 355 g/mol. The molecule has 1 amide bonds. The van der Waals surface area contributed by atoms with Gasteiger partial charge < -0.3 is 21.5 Å². The van der Waals surface area contributed by atoms with E-state index in [0.717, 1.165) is 18.5 Å². The fraction of sp³-hybridized carbons (Fsp3) is 0.421. The van der Waals surface area contributed by atoms with Crippen molar-refractivity contribution in [3.63, 3.8) is 0 Å². The highest BCUT2D eigenvalue weighted by atomic mass is 16.3. The molecule has 3 rings (SSSR count). The zero-order valence-corrected chi connectivity index (χ0v) is 15.1. The number of nitrogen functional groups attached to an aromatic ring is 1. The van der Waals surface area contributed by atoms with Crippen LogP contribution in [0.25, 0.3) is 0 Å². The van der Waals surface area contributed by atoms with E-state index in [1.54, 1.807) is 24.3 Å². The van der Waals surface area contributed by atoms with E-state index in [-0.39, 0.29) is 24.5 Å². The predicted octanol–water partition coefficient (Wildman–Crippen LogP) is 2.62. The Morgan fingerprint density at radius 1 is 1.27 bits per heavy atom. The van der Waals surface area contributed by atoms with Gasteiger partial charge in [0, 0.05) is 23.2 Å². The van der Waals surface area contributed by atoms with Gasteiger partial charge in [0.05, 0.1) is 18.3 Å². The van der Waals surface area contributed by atoms with E-state index in [0.29, 0.717) is 28.9 Å². The third kappa shape index (κ3) is 4.49. The van der Waals surface area contributed by atoms with Crippen molar-refractivity contribution in [1.29, 1.82) is 0 Å². The van der Waals surface area contributed by atoms with Gasteiger partial charge in [0.25, 0.3) is 5.91 Å². The summed E-state index contributed by atoms with van der Waals surface area (Å²) in [7, 11) is 0. The Kier molecular flexibility index (Phi) is 5.37. The third-order valence-electron chi connectivity index (χ3n) is 4.47. The molecule has 5 N–H and O–H groups in total. The Morgan fingerprint density at radius 3 is 2.54 bits per heavy atom. The van der Waals surface area contributed by atoms with Crippen LogP contribution in [0.4, 0.5) is 17.5 Å². The number of carbonyl (C=O) groups is 1. The summed E-state index contributed by atoms with van der Waals surface area (Å²) in [5.74, 6) is 1.26. The van der Waals surface area contributed by atoms with Crippen LogP contribution in [0.3, 0.4) is 0 Å². The van der Waals surface area contributed by atoms with E-state index < -0.39 is 0 Å². The highest BCUT2D eigenvalue weighted by molar-refractivity contribution is 6.04. The molecule has 138 valence electrons. The first-order valence-corrected chi connectivity index (χ1v) is 8.89. The number of hydrogen-bond donors (Lipinski definition) is 4. The lowest BCUT2D eigenvalue weighted by Crippen LogP contribution is -2.30. The summed E-state index contributed by atoms with van der Waals surface area (Å²) in [6.07, 6.45) is 2.19. The fourth-order valence-corrected chi connectivity index (χ4v) is 2.59. The number of aliphatic hydroxyl groups is 1. The van der Waals surface area contributed by atoms with Gasteiger partial charge in [-0.15, -0.1) is 0 Å². The number of hydrogen-bond acceptors (Lipinski definition) is 6. The van der Waals surface area contributed by atoms with Crippen molar-refractivity contribution in [3.8, 4) is 0 Å². The van der Waals surface area contributed by atoms with Gasteiger partial charge in [0.2, 0.25) is 5.95 Å². The molecule has 0 spiro atoms. The molecule has 0 aliphatic heterocycles. The maximum absolute atomic E-state index is 12.4.